The molecule has 0 bridgehead atoms. The van der Waals surface area contributed by atoms with Crippen LogP contribution in [0.15, 0.2) is 83.8 Å². The second-order valence-corrected chi connectivity index (χ2v) is 10.3. The van der Waals surface area contributed by atoms with Crippen molar-refractivity contribution in [2.75, 3.05) is 26.5 Å². The predicted molar refractivity (Wildman–Crippen MR) is 126 cm³/mol. The van der Waals surface area contributed by atoms with Gasteiger partial charge in [0.15, 0.2) is 0 Å². The normalized spacial score (nSPS) is 18.2. The molecule has 3 aromatic rings. The molecule has 170 valence electrons. The van der Waals surface area contributed by atoms with E-state index in [0.717, 1.165) is 9.87 Å². The Morgan fingerprint density at radius 3 is 2.15 bits per heavy atom. The number of amides is 2. The van der Waals surface area contributed by atoms with Crippen LogP contribution in [0, 0.1) is 0 Å². The Balaban J connectivity index is 1.71. The van der Waals surface area contributed by atoms with E-state index in [4.69, 9.17) is 0 Å². The minimum Gasteiger partial charge on any atom is -0.334 e. The van der Waals surface area contributed by atoms with Gasteiger partial charge in [-0.15, -0.1) is 0 Å². The Morgan fingerprint density at radius 1 is 0.909 bits per heavy atom. The van der Waals surface area contributed by atoms with Crippen LogP contribution in [0.3, 0.4) is 0 Å². The van der Waals surface area contributed by atoms with E-state index in [1.807, 2.05) is 42.5 Å². The van der Waals surface area contributed by atoms with Gasteiger partial charge in [-0.1, -0.05) is 48.5 Å². The Morgan fingerprint density at radius 2 is 1.52 bits per heavy atom. The molecular formula is C25H25N3O4S. The lowest BCUT2D eigenvalue weighted by molar-refractivity contribution is -0.119. The molecule has 1 N–H and O–H groups in total. The van der Waals surface area contributed by atoms with Crippen LogP contribution in [-0.4, -0.2) is 50.6 Å². The van der Waals surface area contributed by atoms with Gasteiger partial charge in [-0.2, -0.15) is 0 Å². The molecule has 33 heavy (non-hydrogen) atoms. The third-order valence-corrected chi connectivity index (χ3v) is 7.73. The van der Waals surface area contributed by atoms with Crippen molar-refractivity contribution in [3.63, 3.8) is 0 Å². The van der Waals surface area contributed by atoms with E-state index in [1.54, 1.807) is 36.2 Å². The minimum atomic E-state index is -3.56. The lowest BCUT2D eigenvalue weighted by atomic mass is 9.79. The average Bonchev–Trinajstić information content (AvgIpc) is 2.82. The predicted octanol–water partition coefficient (Wildman–Crippen LogP) is 3.49. The molecule has 0 saturated heterocycles. The van der Waals surface area contributed by atoms with Crippen LogP contribution in [0.5, 0.6) is 0 Å². The Kier molecular flexibility index (Phi) is 6.05. The highest BCUT2D eigenvalue weighted by Gasteiger charge is 2.42. The average molecular weight is 464 g/mol. The summed E-state index contributed by atoms with van der Waals surface area (Å²) in [5.41, 5.74) is 2.50. The molecule has 0 radical (unpaired) electrons. The molecule has 4 rings (SSSR count). The summed E-state index contributed by atoms with van der Waals surface area (Å²) in [4.78, 5) is 28.4. The summed E-state index contributed by atoms with van der Waals surface area (Å²) >= 11 is 0. The second-order valence-electron chi connectivity index (χ2n) is 8.14. The van der Waals surface area contributed by atoms with Crippen molar-refractivity contribution in [1.82, 2.24) is 9.21 Å². The van der Waals surface area contributed by atoms with E-state index >= 15 is 0 Å². The van der Waals surface area contributed by atoms with Gasteiger partial charge < -0.3 is 10.2 Å². The zero-order valence-electron chi connectivity index (χ0n) is 18.6. The fourth-order valence-electron chi connectivity index (χ4n) is 4.16. The Labute approximate surface area is 193 Å². The number of carbonyl (C=O) groups excluding carboxylic acids is 2. The van der Waals surface area contributed by atoms with Crippen molar-refractivity contribution in [3.05, 3.63) is 95.6 Å². The summed E-state index contributed by atoms with van der Waals surface area (Å²) in [5.74, 6) is -1.06. The number of anilines is 1. The lowest BCUT2D eigenvalue weighted by Gasteiger charge is -2.39. The van der Waals surface area contributed by atoms with Crippen LogP contribution in [-0.2, 0) is 14.8 Å². The van der Waals surface area contributed by atoms with Gasteiger partial charge in [-0.05, 0) is 41.5 Å². The summed E-state index contributed by atoms with van der Waals surface area (Å²) in [7, 11) is 1.07. The van der Waals surface area contributed by atoms with E-state index < -0.39 is 22.0 Å². The first-order valence-corrected chi connectivity index (χ1v) is 11.9. The second kappa shape index (κ2) is 8.80. The largest absolute Gasteiger partial charge is 0.334 e. The van der Waals surface area contributed by atoms with E-state index in [-0.39, 0.29) is 16.7 Å². The summed E-state index contributed by atoms with van der Waals surface area (Å²) in [6.07, 6.45) is 0. The van der Waals surface area contributed by atoms with Gasteiger partial charge in [-0.3, -0.25) is 9.59 Å². The third kappa shape index (κ3) is 4.15. The van der Waals surface area contributed by atoms with Crippen LogP contribution in [0.1, 0.15) is 33.4 Å². The maximum atomic E-state index is 13.6. The van der Waals surface area contributed by atoms with Crippen molar-refractivity contribution in [1.29, 1.82) is 0 Å². The SMILES string of the molecule is CN1C(=O)c2ccccc2[C@@H](C(=O)Nc2ccc(S(=O)(=O)N(C)C)cc2)[C@H]1c1ccccc1. The topological polar surface area (TPSA) is 86.8 Å². The fraction of sp³-hybridized carbons (Fsp3) is 0.200. The quantitative estimate of drug-likeness (QED) is 0.628. The molecule has 3 aromatic carbocycles. The first-order valence-electron chi connectivity index (χ1n) is 10.5. The van der Waals surface area contributed by atoms with Crippen molar-refractivity contribution in [3.8, 4) is 0 Å². The molecule has 7 nitrogen and oxygen atoms in total. The monoisotopic (exact) mass is 463 g/mol. The highest BCUT2D eigenvalue weighted by atomic mass is 32.2. The number of rotatable bonds is 5. The molecule has 0 spiro atoms. The van der Waals surface area contributed by atoms with E-state index in [0.29, 0.717) is 16.8 Å². The standard InChI is InChI=1S/C25H25N3O4S/c1-27(2)33(31,32)19-15-13-18(14-16-19)26-24(29)22-20-11-7-8-12-21(20)25(30)28(3)23(22)17-9-5-4-6-10-17/h4-16,22-23H,1-3H3,(H,26,29)/t22-,23-/m1/s1. The van der Waals surface area contributed by atoms with Gasteiger partial charge in [-0.25, -0.2) is 12.7 Å². The molecule has 2 atom stereocenters. The van der Waals surface area contributed by atoms with Gasteiger partial charge in [0.2, 0.25) is 15.9 Å². The molecular weight excluding hydrogens is 438 g/mol. The molecule has 2 amide bonds. The van der Waals surface area contributed by atoms with Gasteiger partial charge in [0.05, 0.1) is 16.9 Å². The first-order chi connectivity index (χ1) is 15.7. The molecule has 8 heteroatoms. The van der Waals surface area contributed by atoms with Gasteiger partial charge in [0.25, 0.3) is 5.91 Å². The molecule has 1 heterocycles. The number of benzene rings is 3. The van der Waals surface area contributed by atoms with Gasteiger partial charge in [0.1, 0.15) is 0 Å². The van der Waals surface area contributed by atoms with Gasteiger partial charge in [0, 0.05) is 32.4 Å². The van der Waals surface area contributed by atoms with Crippen LogP contribution in [0.2, 0.25) is 0 Å². The summed E-state index contributed by atoms with van der Waals surface area (Å²) < 4.78 is 25.8. The molecule has 0 saturated carbocycles. The third-order valence-electron chi connectivity index (χ3n) is 5.90. The minimum absolute atomic E-state index is 0.137. The van der Waals surface area contributed by atoms with Crippen LogP contribution >= 0.6 is 0 Å². The van der Waals surface area contributed by atoms with Crippen molar-refractivity contribution >= 4 is 27.5 Å². The molecule has 0 aliphatic carbocycles. The highest BCUT2D eigenvalue weighted by Crippen LogP contribution is 2.42. The molecule has 0 fully saturated rings. The Bertz CT molecular complexity index is 1290. The number of nitrogens with one attached hydrogen (secondary N) is 1. The maximum Gasteiger partial charge on any atom is 0.254 e. The first kappa shape index (κ1) is 22.7. The fourth-order valence-corrected chi connectivity index (χ4v) is 5.07. The van der Waals surface area contributed by atoms with Crippen LogP contribution in [0.25, 0.3) is 0 Å². The molecule has 1 aliphatic rings. The maximum absolute atomic E-state index is 13.6. The summed E-state index contributed by atoms with van der Waals surface area (Å²) in [6, 6.07) is 22.2. The number of fused-ring (bicyclic) bond motifs is 1. The van der Waals surface area contributed by atoms with Gasteiger partial charge >= 0.3 is 0 Å². The van der Waals surface area contributed by atoms with Crippen LogP contribution in [0.4, 0.5) is 5.69 Å². The molecule has 0 aromatic heterocycles. The van der Waals surface area contributed by atoms with E-state index in [1.165, 1.54) is 26.2 Å². The molecule has 1 aliphatic heterocycles. The highest BCUT2D eigenvalue weighted by molar-refractivity contribution is 7.89. The number of hydrogen-bond donors (Lipinski definition) is 1. The van der Waals surface area contributed by atoms with E-state index in [9.17, 15) is 18.0 Å². The number of likely N-dealkylation sites (N-methyl/N-ethyl adjacent to an activating group) is 1. The van der Waals surface area contributed by atoms with E-state index in [2.05, 4.69) is 5.32 Å². The zero-order chi connectivity index (χ0) is 23.8. The smallest absolute Gasteiger partial charge is 0.254 e. The number of hydrogen-bond acceptors (Lipinski definition) is 4. The van der Waals surface area contributed by atoms with Crippen LogP contribution < -0.4 is 5.32 Å². The summed E-state index contributed by atoms with van der Waals surface area (Å²) in [6.45, 7) is 0. The number of carbonyl (C=O) groups is 2. The van der Waals surface area contributed by atoms with Crippen molar-refractivity contribution in [2.45, 2.75) is 16.9 Å². The molecule has 0 unspecified atom stereocenters. The number of sulfonamides is 1. The van der Waals surface area contributed by atoms with Crippen molar-refractivity contribution < 1.29 is 18.0 Å². The Hall–Kier alpha value is -3.49. The summed E-state index contributed by atoms with van der Waals surface area (Å²) in [5, 5.41) is 2.91. The number of nitrogens with zero attached hydrogens (tertiary/aromatic N) is 2. The lowest BCUT2D eigenvalue weighted by Crippen LogP contribution is -2.44. The van der Waals surface area contributed by atoms with Crippen molar-refractivity contribution in [2.24, 2.45) is 0 Å². The zero-order valence-corrected chi connectivity index (χ0v) is 19.4.